The number of ether oxygens (including phenoxy) is 1. The normalized spacial score (nSPS) is 10.5. The average Bonchev–Trinajstić information content (AvgIpc) is 3.66. The fourth-order valence-electron chi connectivity index (χ4n) is 5.22. The van der Waals surface area contributed by atoms with Crippen LogP contribution in [0.4, 0.5) is 15.8 Å². The van der Waals surface area contributed by atoms with Gasteiger partial charge in [-0.05, 0) is 42.5 Å². The molecule has 266 valence electrons. The van der Waals surface area contributed by atoms with Crippen LogP contribution in [0.25, 0.3) is 44.1 Å². The number of esters is 1. The molecule has 0 unspecified atom stereocenters. The van der Waals surface area contributed by atoms with Crippen LogP contribution >= 0.6 is 35.2 Å². The molecule has 0 aliphatic heterocycles. The minimum absolute atomic E-state index is 0.0194. The van der Waals surface area contributed by atoms with E-state index in [2.05, 4.69) is 4.98 Å². The van der Waals surface area contributed by atoms with Crippen LogP contribution in [0.1, 0.15) is 26.3 Å². The Balaban J connectivity index is 0.000000217. The van der Waals surface area contributed by atoms with Crippen LogP contribution in [0.2, 0.25) is 5.02 Å². The molecule has 0 aliphatic rings. The first kappa shape index (κ1) is 37.8. The number of benzene rings is 5. The number of nitro groups is 2. The number of nitro benzene ring substituents is 2. The van der Waals surface area contributed by atoms with Gasteiger partial charge in [0.1, 0.15) is 15.8 Å². The van der Waals surface area contributed by atoms with Crippen LogP contribution in [-0.4, -0.2) is 44.0 Å². The summed E-state index contributed by atoms with van der Waals surface area (Å²) in [5.74, 6) is -2.36. The zero-order chi connectivity index (χ0) is 38.4. The minimum Gasteiger partial charge on any atom is -0.478 e. The highest BCUT2D eigenvalue weighted by Crippen LogP contribution is 2.37. The van der Waals surface area contributed by atoms with Crippen molar-refractivity contribution >= 4 is 63.5 Å². The number of carboxylic acid groups (broad SMARTS) is 1. The lowest BCUT2D eigenvalue weighted by Gasteiger charge is -2.10. The Morgan fingerprint density at radius 1 is 0.830 bits per heavy atom. The van der Waals surface area contributed by atoms with Gasteiger partial charge in [-0.1, -0.05) is 72.3 Å². The van der Waals surface area contributed by atoms with Crippen molar-refractivity contribution in [1.82, 2.24) is 4.98 Å². The lowest BCUT2D eigenvalue weighted by molar-refractivity contribution is -0.384. The first-order valence-corrected chi connectivity index (χ1v) is 16.8. The summed E-state index contributed by atoms with van der Waals surface area (Å²) >= 11 is 12.0. The van der Waals surface area contributed by atoms with E-state index in [-0.39, 0.29) is 43.6 Å². The highest BCUT2D eigenvalue weighted by molar-refractivity contribution is 7.80. The van der Waals surface area contributed by atoms with E-state index in [0.29, 0.717) is 38.5 Å². The van der Waals surface area contributed by atoms with Crippen LogP contribution < -0.4 is 5.73 Å². The van der Waals surface area contributed by atoms with Crippen molar-refractivity contribution in [3.05, 3.63) is 156 Å². The molecule has 53 heavy (non-hydrogen) atoms. The van der Waals surface area contributed by atoms with Gasteiger partial charge in [0, 0.05) is 45.3 Å². The van der Waals surface area contributed by atoms with Gasteiger partial charge in [-0.2, -0.15) is 0 Å². The van der Waals surface area contributed by atoms with Gasteiger partial charge >= 0.3 is 11.9 Å². The zero-order valence-corrected chi connectivity index (χ0v) is 29.6. The lowest BCUT2D eigenvalue weighted by atomic mass is 9.96. The molecule has 0 amide bonds. The van der Waals surface area contributed by atoms with Crippen LogP contribution in [0.15, 0.2) is 109 Å². The van der Waals surface area contributed by atoms with E-state index in [0.717, 1.165) is 0 Å². The van der Waals surface area contributed by atoms with Crippen molar-refractivity contribution in [2.24, 2.45) is 5.73 Å². The molecule has 0 aliphatic carbocycles. The molecule has 3 N–H and O–H groups in total. The molecular formula is C37H24ClFN4O8S2. The smallest absolute Gasteiger partial charge is 0.338 e. The van der Waals surface area contributed by atoms with Gasteiger partial charge in [0.15, 0.2) is 0 Å². The molecule has 0 bridgehead atoms. The fraction of sp³-hybridized carbons (Fsp3) is 0.0270. The number of hydrogen-bond donors (Lipinski definition) is 2. The van der Waals surface area contributed by atoms with E-state index < -0.39 is 27.6 Å². The summed E-state index contributed by atoms with van der Waals surface area (Å²) in [6.07, 6.45) is 0. The van der Waals surface area contributed by atoms with E-state index >= 15 is 0 Å². The molecule has 0 saturated heterocycles. The SMILES string of the molecule is COC(=O)c1cc(C(N)=S)ccc1-c1ccccc1[N+](=O)[O-].O=C(O)c1cc(-c2nc(-c3ccc(F)c(Cl)c3)cs2)ccc1-c1ccccc1[N+](=O)[O-]. The van der Waals surface area contributed by atoms with Gasteiger partial charge in [-0.3, -0.25) is 20.2 Å². The van der Waals surface area contributed by atoms with Crippen LogP contribution in [0.5, 0.6) is 0 Å². The number of carboxylic acids is 1. The van der Waals surface area contributed by atoms with Gasteiger partial charge in [0.2, 0.25) is 0 Å². The Bertz CT molecular complexity index is 2440. The predicted octanol–water partition coefficient (Wildman–Crippen LogP) is 9.23. The second-order valence-corrected chi connectivity index (χ2v) is 12.6. The highest BCUT2D eigenvalue weighted by Gasteiger charge is 2.23. The number of para-hydroxylation sites is 2. The molecular weight excluding hydrogens is 747 g/mol. The average molecular weight is 771 g/mol. The first-order chi connectivity index (χ1) is 25.3. The maximum absolute atomic E-state index is 13.4. The topological polar surface area (TPSA) is 189 Å². The number of rotatable bonds is 9. The molecule has 1 aromatic heterocycles. The Morgan fingerprint density at radius 2 is 1.40 bits per heavy atom. The highest BCUT2D eigenvalue weighted by atomic mass is 35.5. The third-order valence-electron chi connectivity index (χ3n) is 7.71. The van der Waals surface area contributed by atoms with Crippen molar-refractivity contribution < 1.29 is 33.7 Å². The Morgan fingerprint density at radius 3 is 1.94 bits per heavy atom. The fourth-order valence-corrected chi connectivity index (χ4v) is 6.35. The molecule has 0 radical (unpaired) electrons. The summed E-state index contributed by atoms with van der Waals surface area (Å²) in [5.41, 5.74) is 8.78. The number of methoxy groups -OCH3 is 1. The van der Waals surface area contributed by atoms with Gasteiger partial charge in [0.05, 0.1) is 49.9 Å². The van der Waals surface area contributed by atoms with E-state index in [4.69, 9.17) is 34.3 Å². The number of aromatic nitrogens is 1. The van der Waals surface area contributed by atoms with Crippen molar-refractivity contribution in [2.75, 3.05) is 7.11 Å². The Kier molecular flexibility index (Phi) is 11.6. The third kappa shape index (κ3) is 8.39. The van der Waals surface area contributed by atoms with Gasteiger partial charge in [-0.15, -0.1) is 11.3 Å². The zero-order valence-electron chi connectivity index (χ0n) is 27.2. The van der Waals surface area contributed by atoms with E-state index in [1.165, 1.54) is 73.0 Å². The molecule has 0 spiro atoms. The van der Waals surface area contributed by atoms with Crippen LogP contribution in [-0.2, 0) is 4.74 Å². The molecule has 0 fully saturated rings. The van der Waals surface area contributed by atoms with Crippen molar-refractivity contribution in [2.45, 2.75) is 0 Å². The summed E-state index contributed by atoms with van der Waals surface area (Å²) in [6, 6.07) is 25.7. The summed E-state index contributed by atoms with van der Waals surface area (Å²) in [6.45, 7) is 0. The quantitative estimate of drug-likeness (QED) is 0.0617. The van der Waals surface area contributed by atoms with E-state index in [1.54, 1.807) is 53.9 Å². The Labute approximate surface area is 314 Å². The third-order valence-corrected chi connectivity index (χ3v) is 9.12. The number of thiazole rings is 1. The van der Waals surface area contributed by atoms with Crippen LogP contribution in [0.3, 0.4) is 0 Å². The number of hydrogen-bond acceptors (Lipinski definition) is 10. The van der Waals surface area contributed by atoms with Gasteiger partial charge in [0.25, 0.3) is 11.4 Å². The number of aromatic carboxylic acids is 1. The van der Waals surface area contributed by atoms with Crippen molar-refractivity contribution in [3.63, 3.8) is 0 Å². The van der Waals surface area contributed by atoms with Gasteiger partial charge in [-0.25, -0.2) is 19.0 Å². The largest absolute Gasteiger partial charge is 0.478 e. The number of nitrogens with zero attached hydrogens (tertiary/aromatic N) is 3. The molecule has 1 heterocycles. The predicted molar refractivity (Wildman–Crippen MR) is 203 cm³/mol. The molecule has 6 aromatic rings. The van der Waals surface area contributed by atoms with Crippen molar-refractivity contribution in [3.8, 4) is 44.1 Å². The number of thiocarbonyl (C=S) groups is 1. The molecule has 0 atom stereocenters. The van der Waals surface area contributed by atoms with E-state index in [1.807, 2.05) is 0 Å². The van der Waals surface area contributed by atoms with E-state index in [9.17, 15) is 39.3 Å². The van der Waals surface area contributed by atoms with Crippen LogP contribution in [0, 0.1) is 26.0 Å². The second kappa shape index (κ2) is 16.3. The standard InChI is InChI=1S/C22H12ClFN2O4S.C15H12N2O4S/c23-17-10-12(6-8-18(17)24)19-11-31-21(25-19)13-5-7-14(16(9-13)22(27)28)15-3-1-2-4-20(15)26(29)30;1-21-15(18)12-8-9(14(16)22)6-7-10(12)11-4-2-3-5-13(11)17(19)20/h1-11H,(H,27,28);2-8H,1H3,(H2,16,22). The lowest BCUT2D eigenvalue weighted by Crippen LogP contribution is -2.12. The molecule has 0 saturated carbocycles. The number of halogens is 2. The first-order valence-electron chi connectivity index (χ1n) is 15.1. The molecule has 6 rings (SSSR count). The second-order valence-electron chi connectivity index (χ2n) is 10.9. The molecule has 5 aromatic carbocycles. The monoisotopic (exact) mass is 770 g/mol. The minimum atomic E-state index is -1.21. The van der Waals surface area contributed by atoms with Gasteiger partial charge < -0.3 is 15.6 Å². The van der Waals surface area contributed by atoms with Crippen molar-refractivity contribution in [1.29, 1.82) is 0 Å². The maximum Gasteiger partial charge on any atom is 0.338 e. The summed E-state index contributed by atoms with van der Waals surface area (Å²) in [4.78, 5) is 50.0. The Hall–Kier alpha value is -6.42. The number of carbonyl (C=O) groups is 2. The maximum atomic E-state index is 13.4. The number of nitrogens with two attached hydrogens (primary N) is 1. The summed E-state index contributed by atoms with van der Waals surface area (Å²) in [7, 11) is 1.24. The molecule has 12 nitrogen and oxygen atoms in total. The number of carbonyl (C=O) groups excluding carboxylic acids is 1. The molecule has 16 heteroatoms. The summed E-state index contributed by atoms with van der Waals surface area (Å²) in [5, 5.41) is 34.6. The summed E-state index contributed by atoms with van der Waals surface area (Å²) < 4.78 is 18.2.